The van der Waals surface area contributed by atoms with Crippen LogP contribution in [0.1, 0.15) is 6.42 Å². The Balaban J connectivity index is 2.93. The maximum absolute atomic E-state index is 11.8. The van der Waals surface area contributed by atoms with E-state index in [9.17, 15) is 9.59 Å². The van der Waals surface area contributed by atoms with Crippen LogP contribution >= 0.6 is 25.0 Å². The molecule has 1 aromatic carbocycles. The first-order valence-electron chi connectivity index (χ1n) is 5.73. The van der Waals surface area contributed by atoms with Gasteiger partial charge in [-0.1, -0.05) is 43.2 Å². The summed E-state index contributed by atoms with van der Waals surface area (Å²) < 4.78 is 10.6. The molecule has 0 N–H and O–H groups in total. The van der Waals surface area contributed by atoms with E-state index in [0.29, 0.717) is 5.69 Å². The van der Waals surface area contributed by atoms with E-state index in [4.69, 9.17) is 12.2 Å². The van der Waals surface area contributed by atoms with Gasteiger partial charge in [-0.2, -0.15) is 0 Å². The monoisotopic (exact) mass is 313 g/mol. The van der Waals surface area contributed by atoms with Gasteiger partial charge < -0.3 is 9.47 Å². The molecule has 108 valence electrons. The lowest BCUT2D eigenvalue weighted by atomic mass is 10.1. The number of esters is 2. The van der Waals surface area contributed by atoms with Gasteiger partial charge in [0.25, 0.3) is 0 Å². The Morgan fingerprint density at radius 1 is 1.25 bits per heavy atom. The number of rotatable bonds is 5. The fourth-order valence-corrected chi connectivity index (χ4v) is 2.07. The average Bonchev–Trinajstić information content (AvgIpc) is 2.50. The minimum absolute atomic E-state index is 0.178. The number of carbonyl (C=O) groups is 2. The average molecular weight is 313 g/mol. The zero-order chi connectivity index (χ0) is 15.1. The molecule has 1 aromatic rings. The van der Waals surface area contributed by atoms with Crippen molar-refractivity contribution >= 4 is 47.6 Å². The molecule has 0 saturated heterocycles. The van der Waals surface area contributed by atoms with Crippen molar-refractivity contribution in [2.24, 2.45) is 5.92 Å². The number of hydrogen-bond donors (Lipinski definition) is 1. The molecule has 1 unspecified atom stereocenters. The Morgan fingerprint density at radius 3 is 2.35 bits per heavy atom. The summed E-state index contributed by atoms with van der Waals surface area (Å²) in [6.07, 6.45) is -0.189. The highest BCUT2D eigenvalue weighted by atomic mass is 32.1. The summed E-state index contributed by atoms with van der Waals surface area (Å²) in [6.45, 7) is 0. The summed E-state index contributed by atoms with van der Waals surface area (Å²) in [5.41, 5.74) is 0.694. The second-order valence-electron chi connectivity index (χ2n) is 3.84. The summed E-state index contributed by atoms with van der Waals surface area (Å²) in [4.78, 5) is 23.3. The van der Waals surface area contributed by atoms with E-state index in [1.165, 1.54) is 18.5 Å². The predicted molar refractivity (Wildman–Crippen MR) is 82.6 cm³/mol. The van der Waals surface area contributed by atoms with Crippen molar-refractivity contribution in [3.63, 3.8) is 0 Å². The second kappa shape index (κ2) is 7.86. The fraction of sp³-hybridized carbons (Fsp3) is 0.308. The van der Waals surface area contributed by atoms with Crippen molar-refractivity contribution in [2.45, 2.75) is 6.42 Å². The first-order chi connectivity index (χ1) is 9.51. The fourth-order valence-electron chi connectivity index (χ4n) is 1.51. The van der Waals surface area contributed by atoms with Crippen LogP contribution in [0.2, 0.25) is 0 Å². The van der Waals surface area contributed by atoms with Gasteiger partial charge in [0, 0.05) is 0 Å². The molecule has 0 aliphatic rings. The summed E-state index contributed by atoms with van der Waals surface area (Å²) in [7, 11) is 2.48. The normalized spacial score (nSPS) is 11.3. The number of thiol groups is 1. The van der Waals surface area contributed by atoms with Crippen LogP contribution in [0.5, 0.6) is 0 Å². The lowest BCUT2D eigenvalue weighted by molar-refractivity contribution is -0.149. The van der Waals surface area contributed by atoms with Crippen molar-refractivity contribution in [2.75, 3.05) is 18.5 Å². The van der Waals surface area contributed by atoms with Gasteiger partial charge in [0.15, 0.2) is 0 Å². The Labute approximate surface area is 128 Å². The number of benzene rings is 1. The standard InChI is InChI=1S/C13H15NO4S2/c1-17-11(15)8-10(13(16)18-2)12(19)14(20)9-6-4-3-5-7-9/h3-7,10,20H,8H2,1-2H3. The van der Waals surface area contributed by atoms with Crippen LogP contribution in [0.3, 0.4) is 0 Å². The maximum Gasteiger partial charge on any atom is 0.316 e. The number of hydrogen-bond acceptors (Lipinski definition) is 6. The van der Waals surface area contributed by atoms with Crippen LogP contribution in [0.4, 0.5) is 5.69 Å². The summed E-state index contributed by atoms with van der Waals surface area (Å²) >= 11 is 9.50. The Kier molecular flexibility index (Phi) is 6.47. The molecule has 1 rings (SSSR count). The molecule has 0 aromatic heterocycles. The number of para-hydroxylation sites is 1. The summed E-state index contributed by atoms with van der Waals surface area (Å²) in [6, 6.07) is 9.04. The summed E-state index contributed by atoms with van der Waals surface area (Å²) in [5.74, 6) is -2.06. The molecule has 0 fully saturated rings. The quantitative estimate of drug-likeness (QED) is 0.510. The molecule has 0 aliphatic heterocycles. The van der Waals surface area contributed by atoms with Gasteiger partial charge >= 0.3 is 11.9 Å². The zero-order valence-corrected chi connectivity index (χ0v) is 12.8. The third-order valence-corrected chi connectivity index (χ3v) is 3.64. The van der Waals surface area contributed by atoms with E-state index in [0.717, 1.165) is 0 Å². The van der Waals surface area contributed by atoms with E-state index in [-0.39, 0.29) is 11.4 Å². The number of methoxy groups -OCH3 is 2. The van der Waals surface area contributed by atoms with Gasteiger partial charge in [0.1, 0.15) is 10.9 Å². The molecule has 0 heterocycles. The lowest BCUT2D eigenvalue weighted by Gasteiger charge is -2.23. The zero-order valence-electron chi connectivity index (χ0n) is 11.1. The smallest absolute Gasteiger partial charge is 0.316 e. The minimum atomic E-state index is -0.917. The van der Waals surface area contributed by atoms with E-state index < -0.39 is 17.9 Å². The summed E-state index contributed by atoms with van der Waals surface area (Å²) in [5, 5.41) is 0. The van der Waals surface area contributed by atoms with Gasteiger partial charge in [-0.25, -0.2) is 0 Å². The minimum Gasteiger partial charge on any atom is -0.469 e. The van der Waals surface area contributed by atoms with Crippen LogP contribution in [-0.2, 0) is 19.1 Å². The van der Waals surface area contributed by atoms with Gasteiger partial charge in [-0.05, 0) is 12.1 Å². The lowest BCUT2D eigenvalue weighted by Crippen LogP contribution is -2.35. The Morgan fingerprint density at radius 2 is 1.85 bits per heavy atom. The second-order valence-corrected chi connectivity index (χ2v) is 4.66. The first-order valence-corrected chi connectivity index (χ1v) is 6.54. The van der Waals surface area contributed by atoms with Crippen molar-refractivity contribution in [1.29, 1.82) is 0 Å². The molecular weight excluding hydrogens is 298 g/mol. The largest absolute Gasteiger partial charge is 0.469 e. The van der Waals surface area contributed by atoms with Gasteiger partial charge in [0.2, 0.25) is 0 Å². The molecule has 0 spiro atoms. The van der Waals surface area contributed by atoms with Gasteiger partial charge in [-0.3, -0.25) is 13.9 Å². The topological polar surface area (TPSA) is 55.8 Å². The van der Waals surface area contributed by atoms with Crippen molar-refractivity contribution in [3.8, 4) is 0 Å². The maximum atomic E-state index is 11.8. The molecule has 20 heavy (non-hydrogen) atoms. The van der Waals surface area contributed by atoms with E-state index >= 15 is 0 Å². The van der Waals surface area contributed by atoms with E-state index in [1.54, 1.807) is 12.1 Å². The Hall–Kier alpha value is -1.60. The van der Waals surface area contributed by atoms with Gasteiger partial charge in [0.05, 0.1) is 26.3 Å². The SMILES string of the molecule is COC(=O)CC(C(=O)OC)C(=S)N(S)c1ccccc1. The van der Waals surface area contributed by atoms with Crippen LogP contribution in [0.15, 0.2) is 30.3 Å². The number of ether oxygens (including phenoxy) is 2. The highest BCUT2D eigenvalue weighted by Crippen LogP contribution is 2.22. The molecule has 0 bridgehead atoms. The number of thiocarbonyl (C=S) groups is 1. The third kappa shape index (κ3) is 4.21. The van der Waals surface area contributed by atoms with Crippen LogP contribution < -0.4 is 4.31 Å². The van der Waals surface area contributed by atoms with Gasteiger partial charge in [-0.15, -0.1) is 0 Å². The highest BCUT2D eigenvalue weighted by molar-refractivity contribution is 7.87. The molecule has 5 nitrogen and oxygen atoms in total. The Bertz CT molecular complexity index is 492. The molecule has 1 atom stereocenters. The first kappa shape index (κ1) is 16.5. The molecular formula is C13H15NO4S2. The number of anilines is 1. The highest BCUT2D eigenvalue weighted by Gasteiger charge is 2.30. The van der Waals surface area contributed by atoms with Crippen molar-refractivity contribution < 1.29 is 19.1 Å². The molecule has 0 saturated carbocycles. The number of carbonyl (C=O) groups excluding carboxylic acids is 2. The molecule has 0 aliphatic carbocycles. The van der Waals surface area contributed by atoms with Crippen molar-refractivity contribution in [3.05, 3.63) is 30.3 Å². The van der Waals surface area contributed by atoms with E-state index in [1.807, 2.05) is 18.2 Å². The predicted octanol–water partition coefficient (Wildman–Crippen LogP) is 2.02. The van der Waals surface area contributed by atoms with Crippen molar-refractivity contribution in [1.82, 2.24) is 0 Å². The van der Waals surface area contributed by atoms with Crippen LogP contribution in [-0.4, -0.2) is 31.1 Å². The van der Waals surface area contributed by atoms with E-state index in [2.05, 4.69) is 22.3 Å². The van der Waals surface area contributed by atoms with Crippen LogP contribution in [0.25, 0.3) is 0 Å². The molecule has 7 heteroatoms. The van der Waals surface area contributed by atoms with Crippen LogP contribution in [0, 0.1) is 5.92 Å². The third-order valence-electron chi connectivity index (χ3n) is 2.59. The molecule has 0 radical (unpaired) electrons. The molecule has 0 amide bonds. The number of nitrogens with zero attached hydrogens (tertiary/aromatic N) is 1.